The van der Waals surface area contributed by atoms with Crippen LogP contribution < -0.4 is 10.1 Å². The third-order valence-electron chi connectivity index (χ3n) is 2.97. The normalized spacial score (nSPS) is 11.3. The molecule has 1 amide bonds. The molecule has 0 aliphatic rings. The van der Waals surface area contributed by atoms with Gasteiger partial charge in [0.25, 0.3) is 5.91 Å². The summed E-state index contributed by atoms with van der Waals surface area (Å²) in [5, 5.41) is 2.89. The van der Waals surface area contributed by atoms with E-state index in [2.05, 4.69) is 18.5 Å². The average molecular weight is 271 g/mol. The Kier molecular flexibility index (Phi) is 5.78. The van der Waals surface area contributed by atoms with E-state index in [9.17, 15) is 4.79 Å². The van der Waals surface area contributed by atoms with Crippen LogP contribution in [0.5, 0.6) is 5.75 Å². The number of amides is 1. The number of benzene rings is 1. The van der Waals surface area contributed by atoms with Crippen molar-refractivity contribution in [1.82, 2.24) is 5.32 Å². The summed E-state index contributed by atoms with van der Waals surface area (Å²) < 4.78 is 5.09. The smallest absolute Gasteiger partial charge is 0.252 e. The topological polar surface area (TPSA) is 38.3 Å². The first-order chi connectivity index (χ1) is 9.49. The highest BCUT2D eigenvalue weighted by Crippen LogP contribution is 2.15. The zero-order chi connectivity index (χ0) is 15.1. The van der Waals surface area contributed by atoms with Gasteiger partial charge in [-0.05, 0) is 42.7 Å². The number of allylic oxidation sites excluding steroid dienone is 2. The van der Waals surface area contributed by atoms with Crippen molar-refractivity contribution in [2.45, 2.75) is 20.4 Å². The summed E-state index contributed by atoms with van der Waals surface area (Å²) in [4.78, 5) is 12.2. The highest BCUT2D eigenvalue weighted by atomic mass is 16.5. The lowest BCUT2D eigenvalue weighted by Gasteiger charge is -2.11. The fourth-order valence-corrected chi connectivity index (χ4v) is 1.83. The number of hydrogen-bond acceptors (Lipinski definition) is 2. The zero-order valence-corrected chi connectivity index (χ0v) is 12.3. The Labute approximate surface area is 120 Å². The Morgan fingerprint density at radius 3 is 2.35 bits per heavy atom. The number of carbonyl (C=O) groups is 1. The van der Waals surface area contributed by atoms with Crippen molar-refractivity contribution in [1.29, 1.82) is 0 Å². The summed E-state index contributed by atoms with van der Waals surface area (Å²) in [6, 6.07) is 7.57. The molecule has 0 fully saturated rings. The van der Waals surface area contributed by atoms with Crippen LogP contribution in [0.3, 0.4) is 0 Å². The third kappa shape index (κ3) is 4.12. The number of rotatable bonds is 6. The van der Waals surface area contributed by atoms with E-state index in [1.165, 1.54) is 0 Å². The summed E-state index contributed by atoms with van der Waals surface area (Å²) >= 11 is 0. The molecule has 1 aromatic rings. The van der Waals surface area contributed by atoms with E-state index in [1.54, 1.807) is 13.2 Å². The minimum atomic E-state index is -0.134. The first-order valence-electron chi connectivity index (χ1n) is 6.40. The van der Waals surface area contributed by atoms with Gasteiger partial charge < -0.3 is 10.1 Å². The van der Waals surface area contributed by atoms with Crippen LogP contribution in [0.25, 0.3) is 0 Å². The minimum absolute atomic E-state index is 0.134. The maximum absolute atomic E-state index is 12.2. The van der Waals surface area contributed by atoms with E-state index in [4.69, 9.17) is 4.74 Å². The van der Waals surface area contributed by atoms with E-state index < -0.39 is 0 Å². The van der Waals surface area contributed by atoms with Crippen LogP contribution in [-0.2, 0) is 11.3 Å². The molecule has 20 heavy (non-hydrogen) atoms. The third-order valence-corrected chi connectivity index (χ3v) is 2.97. The van der Waals surface area contributed by atoms with Gasteiger partial charge in [0.1, 0.15) is 5.75 Å². The van der Waals surface area contributed by atoms with Crippen molar-refractivity contribution in [2.24, 2.45) is 0 Å². The molecule has 1 rings (SSSR count). The molecule has 0 atom stereocenters. The lowest BCUT2D eigenvalue weighted by molar-refractivity contribution is -0.117. The fraction of sp³-hybridized carbons (Fsp3) is 0.235. The molecule has 0 saturated carbocycles. The second-order valence-corrected chi connectivity index (χ2v) is 4.57. The van der Waals surface area contributed by atoms with Crippen molar-refractivity contribution >= 4 is 5.91 Å². The quantitative estimate of drug-likeness (QED) is 0.636. The van der Waals surface area contributed by atoms with E-state index >= 15 is 0 Å². The maximum atomic E-state index is 12.2. The predicted octanol–water partition coefficient (Wildman–Crippen LogP) is 3.39. The van der Waals surface area contributed by atoms with Crippen molar-refractivity contribution in [3.63, 3.8) is 0 Å². The molecule has 0 aromatic heterocycles. The second kappa shape index (κ2) is 7.34. The summed E-state index contributed by atoms with van der Waals surface area (Å²) in [5.74, 6) is 0.663. The molecule has 0 radical (unpaired) electrons. The molecule has 3 nitrogen and oxygen atoms in total. The molecule has 0 unspecified atom stereocenters. The van der Waals surface area contributed by atoms with Crippen LogP contribution in [0, 0.1) is 0 Å². The molecule has 0 aliphatic carbocycles. The largest absolute Gasteiger partial charge is 0.497 e. The van der Waals surface area contributed by atoms with E-state index in [-0.39, 0.29) is 5.91 Å². The summed E-state index contributed by atoms with van der Waals surface area (Å²) in [6.07, 6.45) is 1.66. The van der Waals surface area contributed by atoms with Gasteiger partial charge >= 0.3 is 0 Å². The second-order valence-electron chi connectivity index (χ2n) is 4.57. The Morgan fingerprint density at radius 1 is 1.30 bits per heavy atom. The lowest BCUT2D eigenvalue weighted by atomic mass is 10.0. The fourth-order valence-electron chi connectivity index (χ4n) is 1.83. The lowest BCUT2D eigenvalue weighted by Crippen LogP contribution is -2.25. The van der Waals surface area contributed by atoms with Gasteiger partial charge in [-0.1, -0.05) is 31.4 Å². The van der Waals surface area contributed by atoms with Crippen molar-refractivity contribution in [3.05, 3.63) is 65.8 Å². The monoisotopic (exact) mass is 271 g/mol. The summed E-state index contributed by atoms with van der Waals surface area (Å²) in [6.45, 7) is 11.7. The minimum Gasteiger partial charge on any atom is -0.497 e. The molecular weight excluding hydrogens is 250 g/mol. The summed E-state index contributed by atoms with van der Waals surface area (Å²) in [5.41, 5.74) is 3.16. The van der Waals surface area contributed by atoms with Gasteiger partial charge in [-0.3, -0.25) is 4.79 Å². The molecule has 0 aliphatic heterocycles. The van der Waals surface area contributed by atoms with Gasteiger partial charge in [0.2, 0.25) is 0 Å². The number of ether oxygens (including phenoxy) is 1. The molecule has 1 N–H and O–H groups in total. The van der Waals surface area contributed by atoms with Crippen LogP contribution in [0.15, 0.2) is 60.2 Å². The van der Waals surface area contributed by atoms with Gasteiger partial charge in [0.05, 0.1) is 7.11 Å². The van der Waals surface area contributed by atoms with Crippen LogP contribution in [0.1, 0.15) is 19.4 Å². The number of carbonyl (C=O) groups excluding carboxylic acids is 1. The van der Waals surface area contributed by atoms with Gasteiger partial charge in [-0.25, -0.2) is 0 Å². The highest BCUT2D eigenvalue weighted by molar-refractivity contribution is 5.98. The first kappa shape index (κ1) is 15.8. The summed E-state index contributed by atoms with van der Waals surface area (Å²) in [7, 11) is 1.62. The predicted molar refractivity (Wildman–Crippen MR) is 82.6 cm³/mol. The zero-order valence-electron chi connectivity index (χ0n) is 12.3. The number of methoxy groups -OCH3 is 1. The van der Waals surface area contributed by atoms with Crippen molar-refractivity contribution < 1.29 is 9.53 Å². The highest BCUT2D eigenvalue weighted by Gasteiger charge is 2.12. The van der Waals surface area contributed by atoms with E-state index in [0.717, 1.165) is 22.5 Å². The molecule has 1 aromatic carbocycles. The molecule has 0 bridgehead atoms. The Balaban J connectivity index is 2.75. The van der Waals surface area contributed by atoms with Crippen molar-refractivity contribution in [2.75, 3.05) is 7.11 Å². The van der Waals surface area contributed by atoms with Crippen molar-refractivity contribution in [3.8, 4) is 5.75 Å². The van der Waals surface area contributed by atoms with Gasteiger partial charge in [-0.2, -0.15) is 0 Å². The number of nitrogens with one attached hydrogen (secondary N) is 1. The van der Waals surface area contributed by atoms with E-state index in [1.807, 2.05) is 38.1 Å². The number of hydrogen-bond donors (Lipinski definition) is 1. The van der Waals surface area contributed by atoms with Crippen LogP contribution in [-0.4, -0.2) is 13.0 Å². The van der Waals surface area contributed by atoms with Gasteiger partial charge in [0.15, 0.2) is 0 Å². The van der Waals surface area contributed by atoms with E-state index in [0.29, 0.717) is 12.1 Å². The molecule has 0 spiro atoms. The molecular formula is C17H21NO2. The maximum Gasteiger partial charge on any atom is 0.252 e. The molecule has 106 valence electrons. The Morgan fingerprint density at radius 2 is 1.90 bits per heavy atom. The first-order valence-corrected chi connectivity index (χ1v) is 6.40. The molecule has 3 heteroatoms. The SMILES string of the molecule is C=C/C(C)=C(\C(=C)C)C(=O)NCc1ccc(OC)cc1. The van der Waals surface area contributed by atoms with Crippen LogP contribution in [0.2, 0.25) is 0 Å². The standard InChI is InChI=1S/C17H21NO2/c1-6-13(4)16(12(2)3)17(19)18-11-14-7-9-15(20-5)10-8-14/h6-10H,1-2,11H2,3-5H3,(H,18,19)/b16-13+. The van der Waals surface area contributed by atoms with Gasteiger partial charge in [0, 0.05) is 12.1 Å². The Hall–Kier alpha value is -2.29. The molecule has 0 heterocycles. The average Bonchev–Trinajstić information content (AvgIpc) is 2.45. The Bertz CT molecular complexity index is 539. The van der Waals surface area contributed by atoms with Crippen LogP contribution >= 0.6 is 0 Å². The van der Waals surface area contributed by atoms with Gasteiger partial charge in [-0.15, -0.1) is 0 Å². The van der Waals surface area contributed by atoms with Crippen LogP contribution in [0.4, 0.5) is 0 Å². The molecule has 0 saturated heterocycles.